The molecule has 1 fully saturated rings. The molecule has 0 aromatic heterocycles. The molecule has 1 spiro atoms. The van der Waals surface area contributed by atoms with E-state index in [1.165, 1.54) is 0 Å². The Morgan fingerprint density at radius 3 is 2.54 bits per heavy atom. The summed E-state index contributed by atoms with van der Waals surface area (Å²) in [6.45, 7) is 1.03. The number of ether oxygens (including phenoxy) is 1. The fourth-order valence-electron chi connectivity index (χ4n) is 2.79. The van der Waals surface area contributed by atoms with Crippen molar-refractivity contribution in [3.63, 3.8) is 0 Å². The van der Waals surface area contributed by atoms with E-state index in [0.29, 0.717) is 13.2 Å². The smallest absolute Gasteiger partial charge is 0.226 e. The molecule has 7 nitrogen and oxygen atoms in total. The zero-order valence-corrected chi connectivity index (χ0v) is 17.5. The number of hydrogen-bond acceptors (Lipinski definition) is 8. The second kappa shape index (κ2) is 9.68. The molecule has 1 aromatic carbocycles. The summed E-state index contributed by atoms with van der Waals surface area (Å²) in [6.07, 6.45) is 2.40. The quantitative estimate of drug-likeness (QED) is 0.628. The molecule has 0 radical (unpaired) electrons. The SMILES string of the molecule is Cl.NC1=NC2(CCSCC2)N(OCCCOc2ccc(Br)cc2)C(N)=N1. The van der Waals surface area contributed by atoms with Crippen LogP contribution in [0.5, 0.6) is 5.75 Å². The Bertz CT molecular complexity index is 653. The van der Waals surface area contributed by atoms with Crippen LogP contribution < -0.4 is 16.2 Å². The van der Waals surface area contributed by atoms with Crippen molar-refractivity contribution in [2.75, 3.05) is 24.7 Å². The van der Waals surface area contributed by atoms with Gasteiger partial charge in [-0.05, 0) is 35.8 Å². The number of hydroxylamine groups is 2. The van der Waals surface area contributed by atoms with Crippen molar-refractivity contribution in [1.82, 2.24) is 5.06 Å². The lowest BCUT2D eigenvalue weighted by atomic mass is 10.0. The van der Waals surface area contributed by atoms with E-state index in [-0.39, 0.29) is 24.3 Å². The molecule has 0 aliphatic carbocycles. The van der Waals surface area contributed by atoms with Gasteiger partial charge in [0.1, 0.15) is 5.75 Å². The minimum atomic E-state index is -0.520. The summed E-state index contributed by atoms with van der Waals surface area (Å²) in [5.74, 6) is 3.32. The fourth-order valence-corrected chi connectivity index (χ4v) is 4.21. The Hall–Kier alpha value is -1.16. The fraction of sp³-hybridized carbons (Fsp3) is 0.500. The summed E-state index contributed by atoms with van der Waals surface area (Å²) in [5.41, 5.74) is 11.3. The molecule has 144 valence electrons. The van der Waals surface area contributed by atoms with E-state index >= 15 is 0 Å². The molecule has 0 bridgehead atoms. The van der Waals surface area contributed by atoms with Gasteiger partial charge in [0.15, 0.2) is 5.66 Å². The third kappa shape index (κ3) is 5.18. The predicted molar refractivity (Wildman–Crippen MR) is 112 cm³/mol. The maximum Gasteiger partial charge on any atom is 0.226 e. The van der Waals surface area contributed by atoms with E-state index in [0.717, 1.165) is 41.0 Å². The molecule has 10 heteroatoms. The molecule has 2 aliphatic rings. The Morgan fingerprint density at radius 2 is 1.85 bits per heavy atom. The van der Waals surface area contributed by atoms with Gasteiger partial charge >= 0.3 is 0 Å². The highest BCUT2D eigenvalue weighted by Gasteiger charge is 2.43. The molecule has 1 saturated heterocycles. The van der Waals surface area contributed by atoms with Gasteiger partial charge in [-0.15, -0.1) is 12.4 Å². The van der Waals surface area contributed by atoms with Crippen molar-refractivity contribution < 1.29 is 9.57 Å². The van der Waals surface area contributed by atoms with Gasteiger partial charge in [0, 0.05) is 23.7 Å². The summed E-state index contributed by atoms with van der Waals surface area (Å²) >= 11 is 5.30. The molecular weight excluding hydrogens is 442 g/mol. The number of nitrogens with two attached hydrogens (primary N) is 2. The second-order valence-electron chi connectivity index (χ2n) is 5.82. The standard InChI is InChI=1S/C16H22BrN5O2S.ClH/c17-12-2-4-13(5-3-12)23-8-1-9-24-22-15(19)20-14(18)21-16(22)6-10-25-11-7-16;/h2-5H,1,6-11H2,(H4,18,19,20,21);1H. The first-order chi connectivity index (χ1) is 12.1. The predicted octanol–water partition coefficient (Wildman–Crippen LogP) is 2.74. The molecular formula is C16H23BrClN5O2S. The number of aliphatic imine (C=N–C) groups is 2. The monoisotopic (exact) mass is 463 g/mol. The number of benzene rings is 1. The van der Waals surface area contributed by atoms with Crippen LogP contribution in [0.3, 0.4) is 0 Å². The van der Waals surface area contributed by atoms with Crippen LogP contribution in [0, 0.1) is 0 Å². The molecule has 26 heavy (non-hydrogen) atoms. The van der Waals surface area contributed by atoms with Crippen LogP contribution in [0.2, 0.25) is 0 Å². The summed E-state index contributed by atoms with van der Waals surface area (Å²) in [7, 11) is 0. The van der Waals surface area contributed by atoms with Crippen molar-refractivity contribution in [2.45, 2.75) is 24.9 Å². The molecule has 0 atom stereocenters. The van der Waals surface area contributed by atoms with E-state index in [1.807, 2.05) is 36.0 Å². The number of rotatable bonds is 6. The molecule has 0 saturated carbocycles. The second-order valence-corrected chi connectivity index (χ2v) is 7.96. The summed E-state index contributed by atoms with van der Waals surface area (Å²) < 4.78 is 6.73. The van der Waals surface area contributed by atoms with Gasteiger partial charge in [0.2, 0.25) is 11.9 Å². The van der Waals surface area contributed by atoms with Crippen molar-refractivity contribution >= 4 is 52.0 Å². The third-order valence-corrected chi connectivity index (χ3v) is 5.54. The lowest BCUT2D eigenvalue weighted by molar-refractivity contribution is -0.171. The van der Waals surface area contributed by atoms with E-state index in [9.17, 15) is 0 Å². The summed E-state index contributed by atoms with van der Waals surface area (Å²) in [6, 6.07) is 7.74. The van der Waals surface area contributed by atoms with E-state index in [2.05, 4.69) is 25.9 Å². The number of thioether (sulfide) groups is 1. The Kier molecular flexibility index (Phi) is 7.87. The number of halogens is 2. The van der Waals surface area contributed by atoms with Gasteiger partial charge in [-0.25, -0.2) is 4.99 Å². The average Bonchev–Trinajstić information content (AvgIpc) is 2.59. The largest absolute Gasteiger partial charge is 0.494 e. The van der Waals surface area contributed by atoms with Gasteiger partial charge < -0.3 is 16.2 Å². The first-order valence-corrected chi connectivity index (χ1v) is 10.1. The molecule has 1 aromatic rings. The maximum atomic E-state index is 6.04. The topological polar surface area (TPSA) is 98.5 Å². The van der Waals surface area contributed by atoms with Crippen LogP contribution in [-0.4, -0.2) is 47.4 Å². The molecule has 0 unspecified atom stereocenters. The Labute approximate surface area is 172 Å². The maximum absolute atomic E-state index is 6.04. The van der Waals surface area contributed by atoms with Gasteiger partial charge in [0.05, 0.1) is 13.2 Å². The highest BCUT2D eigenvalue weighted by Crippen LogP contribution is 2.35. The van der Waals surface area contributed by atoms with Gasteiger partial charge in [-0.2, -0.15) is 21.8 Å². The van der Waals surface area contributed by atoms with Crippen LogP contribution in [0.15, 0.2) is 38.7 Å². The lowest BCUT2D eigenvalue weighted by Crippen LogP contribution is -2.58. The summed E-state index contributed by atoms with van der Waals surface area (Å²) in [5, 5.41) is 1.64. The van der Waals surface area contributed by atoms with Crippen molar-refractivity contribution in [2.24, 2.45) is 21.5 Å². The number of guanidine groups is 2. The molecule has 2 aliphatic heterocycles. The zero-order valence-electron chi connectivity index (χ0n) is 14.3. The van der Waals surface area contributed by atoms with Crippen LogP contribution in [0.1, 0.15) is 19.3 Å². The minimum Gasteiger partial charge on any atom is -0.494 e. The number of nitrogens with zero attached hydrogens (tertiary/aromatic N) is 3. The zero-order chi connectivity index (χ0) is 17.7. The Balaban J connectivity index is 0.00000243. The lowest BCUT2D eigenvalue weighted by Gasteiger charge is -2.43. The van der Waals surface area contributed by atoms with Crippen molar-refractivity contribution in [3.8, 4) is 5.75 Å². The molecule has 2 heterocycles. The molecule has 4 N–H and O–H groups in total. The third-order valence-electron chi connectivity index (χ3n) is 4.02. The highest BCUT2D eigenvalue weighted by atomic mass is 79.9. The normalized spacial score (nSPS) is 18.7. The van der Waals surface area contributed by atoms with E-state index < -0.39 is 5.66 Å². The number of hydrogen-bond donors (Lipinski definition) is 2. The first kappa shape index (κ1) is 21.1. The highest BCUT2D eigenvalue weighted by molar-refractivity contribution is 9.10. The van der Waals surface area contributed by atoms with Gasteiger partial charge in [-0.3, -0.25) is 4.84 Å². The first-order valence-electron chi connectivity index (χ1n) is 8.18. The summed E-state index contributed by atoms with van der Waals surface area (Å²) in [4.78, 5) is 14.5. The van der Waals surface area contributed by atoms with Crippen LogP contribution in [0.4, 0.5) is 0 Å². The Morgan fingerprint density at radius 1 is 1.15 bits per heavy atom. The minimum absolute atomic E-state index is 0. The average molecular weight is 465 g/mol. The van der Waals surface area contributed by atoms with Crippen molar-refractivity contribution in [1.29, 1.82) is 0 Å². The van der Waals surface area contributed by atoms with Gasteiger partial charge in [-0.1, -0.05) is 15.9 Å². The van der Waals surface area contributed by atoms with Gasteiger partial charge in [0.25, 0.3) is 0 Å². The van der Waals surface area contributed by atoms with Crippen LogP contribution in [-0.2, 0) is 4.84 Å². The van der Waals surface area contributed by atoms with E-state index in [1.54, 1.807) is 5.06 Å². The van der Waals surface area contributed by atoms with Crippen LogP contribution >= 0.6 is 40.1 Å². The van der Waals surface area contributed by atoms with Crippen LogP contribution in [0.25, 0.3) is 0 Å². The molecule has 0 amide bonds. The molecule has 3 rings (SSSR count). The van der Waals surface area contributed by atoms with Crippen molar-refractivity contribution in [3.05, 3.63) is 28.7 Å². The van der Waals surface area contributed by atoms with E-state index in [4.69, 9.17) is 21.0 Å².